The van der Waals surface area contributed by atoms with E-state index in [4.69, 9.17) is 0 Å². The topological polar surface area (TPSA) is 3.24 Å². The molecule has 1 spiro atoms. The van der Waals surface area contributed by atoms with Gasteiger partial charge in [-0.25, -0.2) is 0 Å². The van der Waals surface area contributed by atoms with Gasteiger partial charge in [-0.05, 0) is 126 Å². The molecule has 1 aliphatic heterocycles. The van der Waals surface area contributed by atoms with Crippen molar-refractivity contribution in [1.29, 1.82) is 0 Å². The quantitative estimate of drug-likeness (QED) is 0.164. The molecule has 0 aromatic heterocycles. The van der Waals surface area contributed by atoms with Crippen LogP contribution >= 0.6 is 11.8 Å². The maximum Gasteiger partial charge on any atom is 0.0741 e. The van der Waals surface area contributed by atoms with Crippen LogP contribution in [-0.4, -0.2) is 0 Å². The van der Waals surface area contributed by atoms with Crippen LogP contribution in [-0.2, 0) is 10.8 Å². The lowest BCUT2D eigenvalue weighted by Gasteiger charge is -2.40. The minimum Gasteiger partial charge on any atom is -0.310 e. The monoisotopic (exact) mass is 859 g/mol. The van der Waals surface area contributed by atoms with E-state index in [1.54, 1.807) is 0 Å². The van der Waals surface area contributed by atoms with Gasteiger partial charge in [0.2, 0.25) is 0 Å². The highest BCUT2D eigenvalue weighted by Crippen LogP contribution is 2.65. The second-order valence-electron chi connectivity index (χ2n) is 18.3. The molecule has 66 heavy (non-hydrogen) atoms. The van der Waals surface area contributed by atoms with E-state index in [9.17, 15) is 0 Å². The highest BCUT2D eigenvalue weighted by Gasteiger charge is 2.52. The lowest BCUT2D eigenvalue weighted by atomic mass is 9.65. The van der Waals surface area contributed by atoms with Crippen molar-refractivity contribution in [3.63, 3.8) is 0 Å². The third kappa shape index (κ3) is 5.61. The molecule has 1 nitrogen and oxygen atoms in total. The van der Waals surface area contributed by atoms with Gasteiger partial charge in [0.15, 0.2) is 0 Å². The maximum atomic E-state index is 2.47. The SMILES string of the molecule is CC1(C)c2ccccc2-c2ccc(N(c3ccc(-c4ccc(-c5ccccc5)c5c4C4(c6ccccc6Sc6ccccc64)c4ccccc4-5)cc3)c3ccccc3-c3ccccc3)cc21. The van der Waals surface area contributed by atoms with E-state index < -0.39 is 5.41 Å². The van der Waals surface area contributed by atoms with E-state index in [-0.39, 0.29) is 5.41 Å². The molecular weight excluding hydrogens is 815 g/mol. The Labute approximate surface area is 391 Å². The van der Waals surface area contributed by atoms with Crippen LogP contribution in [0.2, 0.25) is 0 Å². The molecule has 2 heteroatoms. The molecule has 2 aliphatic carbocycles. The van der Waals surface area contributed by atoms with Crippen LogP contribution in [0.15, 0.2) is 246 Å². The minimum absolute atomic E-state index is 0.134. The Hall–Kier alpha value is -7.65. The van der Waals surface area contributed by atoms with Gasteiger partial charge < -0.3 is 4.90 Å². The van der Waals surface area contributed by atoms with E-state index in [0.29, 0.717) is 0 Å². The molecule has 312 valence electrons. The first kappa shape index (κ1) is 38.8. The van der Waals surface area contributed by atoms with Gasteiger partial charge in [-0.2, -0.15) is 0 Å². The molecule has 0 bridgehead atoms. The lowest BCUT2D eigenvalue weighted by molar-refractivity contribution is 0.660. The summed E-state index contributed by atoms with van der Waals surface area (Å²) in [5.41, 5.74) is 23.4. The molecule has 0 saturated carbocycles. The zero-order valence-electron chi connectivity index (χ0n) is 36.9. The van der Waals surface area contributed by atoms with E-state index in [0.717, 1.165) is 17.1 Å². The number of anilines is 3. The van der Waals surface area contributed by atoms with Crippen molar-refractivity contribution in [2.24, 2.45) is 0 Å². The molecule has 3 aliphatic rings. The zero-order valence-corrected chi connectivity index (χ0v) is 37.7. The summed E-state index contributed by atoms with van der Waals surface area (Å²) in [7, 11) is 0. The molecule has 0 fully saturated rings. The van der Waals surface area contributed by atoms with Gasteiger partial charge in [0.25, 0.3) is 0 Å². The fraction of sp³-hybridized carbons (Fsp3) is 0.0625. The highest BCUT2D eigenvalue weighted by atomic mass is 32.2. The summed E-state index contributed by atoms with van der Waals surface area (Å²) in [6.07, 6.45) is 0. The molecule has 0 unspecified atom stereocenters. The molecule has 1 heterocycles. The second kappa shape index (κ2) is 15.0. The summed E-state index contributed by atoms with van der Waals surface area (Å²) in [6, 6.07) is 88.2. The first-order valence-electron chi connectivity index (χ1n) is 23.0. The van der Waals surface area contributed by atoms with Crippen molar-refractivity contribution in [3.05, 3.63) is 270 Å². The third-order valence-corrected chi connectivity index (χ3v) is 15.7. The summed E-state index contributed by atoms with van der Waals surface area (Å²) >= 11 is 1.89. The fourth-order valence-corrected chi connectivity index (χ4v) is 12.9. The first-order chi connectivity index (χ1) is 32.5. The Morgan fingerprint density at radius 2 is 0.803 bits per heavy atom. The van der Waals surface area contributed by atoms with Gasteiger partial charge in [0.1, 0.15) is 0 Å². The number of hydrogen-bond acceptors (Lipinski definition) is 2. The van der Waals surface area contributed by atoms with Crippen molar-refractivity contribution >= 4 is 28.8 Å². The number of rotatable bonds is 6. The van der Waals surface area contributed by atoms with Gasteiger partial charge in [-0.1, -0.05) is 220 Å². The van der Waals surface area contributed by atoms with Crippen LogP contribution in [0.25, 0.3) is 55.6 Å². The molecule has 0 saturated heterocycles. The van der Waals surface area contributed by atoms with Crippen molar-refractivity contribution < 1.29 is 0 Å². The molecular formula is C64H45NS. The zero-order chi connectivity index (χ0) is 44.0. The number of para-hydroxylation sites is 1. The van der Waals surface area contributed by atoms with Gasteiger partial charge in [0.05, 0.1) is 11.1 Å². The third-order valence-electron chi connectivity index (χ3n) is 14.6. The fourth-order valence-electron chi connectivity index (χ4n) is 11.7. The molecule has 10 aromatic carbocycles. The minimum atomic E-state index is -0.529. The van der Waals surface area contributed by atoms with Crippen molar-refractivity contribution in [2.45, 2.75) is 34.5 Å². The van der Waals surface area contributed by atoms with Crippen molar-refractivity contribution in [1.82, 2.24) is 0 Å². The Kier molecular flexibility index (Phi) is 8.79. The predicted octanol–water partition coefficient (Wildman–Crippen LogP) is 17.3. The highest BCUT2D eigenvalue weighted by molar-refractivity contribution is 7.99. The number of hydrogen-bond donors (Lipinski definition) is 0. The normalized spacial score (nSPS) is 14.1. The van der Waals surface area contributed by atoms with Crippen LogP contribution in [0.3, 0.4) is 0 Å². The predicted molar refractivity (Wildman–Crippen MR) is 276 cm³/mol. The summed E-state index contributed by atoms with van der Waals surface area (Å²) in [6.45, 7) is 4.74. The number of benzene rings is 10. The van der Waals surface area contributed by atoms with Crippen LogP contribution in [0, 0.1) is 0 Å². The van der Waals surface area contributed by atoms with Crippen molar-refractivity contribution in [2.75, 3.05) is 4.90 Å². The first-order valence-corrected chi connectivity index (χ1v) is 23.8. The Morgan fingerprint density at radius 1 is 0.333 bits per heavy atom. The number of nitrogens with zero attached hydrogens (tertiary/aromatic N) is 1. The Bertz CT molecular complexity index is 3480. The molecule has 0 N–H and O–H groups in total. The average molecular weight is 860 g/mol. The molecule has 0 amide bonds. The van der Waals surface area contributed by atoms with Crippen LogP contribution < -0.4 is 4.90 Å². The number of fused-ring (bicyclic) bond motifs is 12. The van der Waals surface area contributed by atoms with Crippen LogP contribution in [0.4, 0.5) is 17.1 Å². The summed E-state index contributed by atoms with van der Waals surface area (Å²) in [5, 5.41) is 0. The smallest absolute Gasteiger partial charge is 0.0741 e. The second-order valence-corrected chi connectivity index (χ2v) is 19.4. The summed E-state index contributed by atoms with van der Waals surface area (Å²) in [5.74, 6) is 0. The lowest BCUT2D eigenvalue weighted by Crippen LogP contribution is -2.32. The summed E-state index contributed by atoms with van der Waals surface area (Å²) in [4.78, 5) is 5.08. The molecule has 13 rings (SSSR count). The van der Waals surface area contributed by atoms with Gasteiger partial charge >= 0.3 is 0 Å². The van der Waals surface area contributed by atoms with E-state index in [2.05, 4.69) is 255 Å². The Balaban J connectivity index is 1.04. The van der Waals surface area contributed by atoms with E-state index >= 15 is 0 Å². The largest absolute Gasteiger partial charge is 0.310 e. The standard InChI is InChI=1S/C64H45NS/c1-63(2)53-26-12-9-24-50(53)51-38-37-46(41-57(51)63)65(58-30-16-11-23-47(58)42-19-5-3-6-20-42)45-35-33-44(34-36-45)49-40-39-48(43-21-7-4-8-22-43)61-52-25-10-13-27-54(52)64(62(49)61)55-28-14-17-31-59(55)66-60-32-18-15-29-56(60)64/h3-41H,1-2H3. The maximum absolute atomic E-state index is 2.47. The van der Waals surface area contributed by atoms with Gasteiger partial charge in [0, 0.05) is 32.1 Å². The molecule has 0 atom stereocenters. The molecule has 0 radical (unpaired) electrons. The van der Waals surface area contributed by atoms with Crippen LogP contribution in [0.5, 0.6) is 0 Å². The van der Waals surface area contributed by atoms with E-state index in [1.165, 1.54) is 98.8 Å². The molecule has 10 aromatic rings. The average Bonchev–Trinajstić information content (AvgIpc) is 3.80. The summed E-state index contributed by atoms with van der Waals surface area (Å²) < 4.78 is 0. The van der Waals surface area contributed by atoms with Gasteiger partial charge in [-0.3, -0.25) is 0 Å². The van der Waals surface area contributed by atoms with Crippen molar-refractivity contribution in [3.8, 4) is 55.6 Å². The van der Waals surface area contributed by atoms with Crippen LogP contribution in [0.1, 0.15) is 47.2 Å². The van der Waals surface area contributed by atoms with Gasteiger partial charge in [-0.15, -0.1) is 0 Å². The van der Waals surface area contributed by atoms with E-state index in [1.807, 2.05) is 11.8 Å². The Morgan fingerprint density at radius 3 is 1.48 bits per heavy atom.